The molecule has 0 aliphatic carbocycles. The lowest BCUT2D eigenvalue weighted by Gasteiger charge is -2.20. The average molecular weight is 139 g/mol. The van der Waals surface area contributed by atoms with Gasteiger partial charge in [-0.05, 0) is 18.4 Å². The highest BCUT2D eigenvalue weighted by molar-refractivity contribution is 5.91. The Morgan fingerprint density at radius 2 is 2.60 bits per heavy atom. The first-order chi connectivity index (χ1) is 4.86. The topological polar surface area (TPSA) is 38.3 Å². The molecule has 10 heavy (non-hydrogen) atoms. The number of carbonyl (C=O) groups excluding carboxylic acids is 1. The van der Waals surface area contributed by atoms with Crippen molar-refractivity contribution in [1.29, 1.82) is 0 Å². The molecule has 2 aliphatic rings. The Labute approximate surface area is 59.1 Å². The molecule has 0 radical (unpaired) electrons. The van der Waals surface area contributed by atoms with Crippen LogP contribution >= 0.6 is 0 Å². The molecule has 0 bridgehead atoms. The lowest BCUT2D eigenvalue weighted by atomic mass is 10.1. The Balaban J connectivity index is 2.17. The minimum atomic E-state index is -0.0961. The second kappa shape index (κ2) is 2.09. The summed E-state index contributed by atoms with van der Waals surface area (Å²) in [6.07, 6.45) is 3.59. The molecule has 3 heteroatoms. The molecule has 0 saturated carbocycles. The lowest BCUT2D eigenvalue weighted by Crippen LogP contribution is -2.33. The fourth-order valence-electron chi connectivity index (χ4n) is 1.34. The van der Waals surface area contributed by atoms with Gasteiger partial charge in [0, 0.05) is 12.7 Å². The van der Waals surface area contributed by atoms with E-state index in [2.05, 4.69) is 5.32 Å². The van der Waals surface area contributed by atoms with Crippen molar-refractivity contribution in [1.82, 2.24) is 5.32 Å². The number of carbonyl (C=O) groups is 1. The van der Waals surface area contributed by atoms with Gasteiger partial charge in [-0.3, -0.25) is 4.79 Å². The van der Waals surface area contributed by atoms with Crippen LogP contribution in [0.5, 0.6) is 0 Å². The quantitative estimate of drug-likeness (QED) is 0.520. The van der Waals surface area contributed by atoms with Gasteiger partial charge in [0.15, 0.2) is 6.23 Å². The highest BCUT2D eigenvalue weighted by Crippen LogP contribution is 2.21. The SMILES string of the molecule is O=C1C=C2CCCOC2N1. The molecule has 0 aromatic carbocycles. The summed E-state index contributed by atoms with van der Waals surface area (Å²) < 4.78 is 5.27. The Kier molecular flexibility index (Phi) is 1.24. The van der Waals surface area contributed by atoms with Crippen LogP contribution in [-0.2, 0) is 9.53 Å². The number of rotatable bonds is 0. The Bertz CT molecular complexity index is 198. The van der Waals surface area contributed by atoms with E-state index in [-0.39, 0.29) is 12.1 Å². The van der Waals surface area contributed by atoms with Crippen molar-refractivity contribution < 1.29 is 9.53 Å². The highest BCUT2D eigenvalue weighted by atomic mass is 16.5. The van der Waals surface area contributed by atoms with Crippen molar-refractivity contribution in [3.05, 3.63) is 11.6 Å². The van der Waals surface area contributed by atoms with Crippen LogP contribution in [0.2, 0.25) is 0 Å². The molecule has 1 unspecified atom stereocenters. The van der Waals surface area contributed by atoms with Gasteiger partial charge in [-0.15, -0.1) is 0 Å². The summed E-state index contributed by atoms with van der Waals surface area (Å²) in [6, 6.07) is 0. The molecule has 2 rings (SSSR count). The highest BCUT2D eigenvalue weighted by Gasteiger charge is 2.26. The molecule has 1 amide bonds. The first-order valence-corrected chi connectivity index (χ1v) is 3.49. The first kappa shape index (κ1) is 5.92. The van der Waals surface area contributed by atoms with Crippen molar-refractivity contribution in [2.24, 2.45) is 0 Å². The number of hydrogen-bond acceptors (Lipinski definition) is 2. The van der Waals surface area contributed by atoms with Crippen molar-refractivity contribution in [2.45, 2.75) is 19.1 Å². The minimum Gasteiger partial charge on any atom is -0.354 e. The molecule has 0 aromatic rings. The summed E-state index contributed by atoms with van der Waals surface area (Å²) in [5, 5.41) is 2.70. The van der Waals surface area contributed by atoms with Crippen molar-refractivity contribution in [3.8, 4) is 0 Å². The maximum absolute atomic E-state index is 10.7. The molecular weight excluding hydrogens is 130 g/mol. The van der Waals surface area contributed by atoms with Gasteiger partial charge in [0.2, 0.25) is 5.91 Å². The van der Waals surface area contributed by atoms with Crippen LogP contribution in [0.1, 0.15) is 12.8 Å². The van der Waals surface area contributed by atoms with Crippen LogP contribution in [-0.4, -0.2) is 18.7 Å². The normalized spacial score (nSPS) is 31.0. The third-order valence-corrected chi connectivity index (χ3v) is 1.82. The van der Waals surface area contributed by atoms with Gasteiger partial charge in [0.25, 0.3) is 0 Å². The Morgan fingerprint density at radius 1 is 1.70 bits per heavy atom. The molecule has 3 nitrogen and oxygen atoms in total. The first-order valence-electron chi connectivity index (χ1n) is 3.49. The van der Waals surface area contributed by atoms with E-state index in [0.29, 0.717) is 0 Å². The maximum Gasteiger partial charge on any atom is 0.246 e. The zero-order chi connectivity index (χ0) is 6.97. The van der Waals surface area contributed by atoms with Gasteiger partial charge in [-0.2, -0.15) is 0 Å². The molecule has 1 fully saturated rings. The lowest BCUT2D eigenvalue weighted by molar-refractivity contribution is -0.118. The average Bonchev–Trinajstić information content (AvgIpc) is 2.27. The summed E-state index contributed by atoms with van der Waals surface area (Å²) in [4.78, 5) is 10.7. The molecule has 1 N–H and O–H groups in total. The Hall–Kier alpha value is -0.830. The van der Waals surface area contributed by atoms with E-state index in [1.807, 2.05) is 0 Å². The summed E-state index contributed by atoms with van der Waals surface area (Å²) in [6.45, 7) is 0.766. The summed E-state index contributed by atoms with van der Waals surface area (Å²) in [5.41, 5.74) is 1.11. The maximum atomic E-state index is 10.7. The van der Waals surface area contributed by atoms with E-state index < -0.39 is 0 Å². The van der Waals surface area contributed by atoms with E-state index >= 15 is 0 Å². The molecular formula is C7H9NO2. The fraction of sp³-hybridized carbons (Fsp3) is 0.571. The van der Waals surface area contributed by atoms with Gasteiger partial charge in [-0.25, -0.2) is 0 Å². The smallest absolute Gasteiger partial charge is 0.246 e. The molecule has 1 atom stereocenters. The van der Waals surface area contributed by atoms with Crippen LogP contribution in [0.3, 0.4) is 0 Å². The predicted octanol–water partition coefficient (Wildman–Crippen LogP) is 0.179. The largest absolute Gasteiger partial charge is 0.354 e. The molecule has 1 saturated heterocycles. The van der Waals surface area contributed by atoms with E-state index in [0.717, 1.165) is 25.0 Å². The standard InChI is InChI=1S/C7H9NO2/c9-6-4-5-2-1-3-10-7(5)8-6/h4,7H,1-3H2,(H,8,9). The van der Waals surface area contributed by atoms with Gasteiger partial charge < -0.3 is 10.1 Å². The number of amides is 1. The van der Waals surface area contributed by atoms with Crippen LogP contribution in [0, 0.1) is 0 Å². The van der Waals surface area contributed by atoms with E-state index in [1.165, 1.54) is 0 Å². The number of fused-ring (bicyclic) bond motifs is 1. The number of ether oxygens (including phenoxy) is 1. The van der Waals surface area contributed by atoms with Crippen LogP contribution in [0.15, 0.2) is 11.6 Å². The fourth-order valence-corrected chi connectivity index (χ4v) is 1.34. The van der Waals surface area contributed by atoms with E-state index in [9.17, 15) is 4.79 Å². The van der Waals surface area contributed by atoms with Gasteiger partial charge in [-0.1, -0.05) is 0 Å². The predicted molar refractivity (Wildman–Crippen MR) is 35.2 cm³/mol. The molecule has 54 valence electrons. The van der Waals surface area contributed by atoms with Crippen LogP contribution in [0.25, 0.3) is 0 Å². The molecule has 2 heterocycles. The zero-order valence-corrected chi connectivity index (χ0v) is 5.59. The van der Waals surface area contributed by atoms with Gasteiger partial charge in [0.05, 0.1) is 0 Å². The minimum absolute atomic E-state index is 0.0121. The van der Waals surface area contributed by atoms with Gasteiger partial charge in [0.1, 0.15) is 0 Å². The summed E-state index contributed by atoms with van der Waals surface area (Å²) >= 11 is 0. The molecule has 0 spiro atoms. The Morgan fingerprint density at radius 3 is 3.40 bits per heavy atom. The number of hydrogen-bond donors (Lipinski definition) is 1. The number of nitrogens with one attached hydrogen (secondary N) is 1. The van der Waals surface area contributed by atoms with Crippen LogP contribution in [0.4, 0.5) is 0 Å². The van der Waals surface area contributed by atoms with Gasteiger partial charge >= 0.3 is 0 Å². The van der Waals surface area contributed by atoms with E-state index in [1.54, 1.807) is 6.08 Å². The molecule has 0 aromatic heterocycles. The second-order valence-corrected chi connectivity index (χ2v) is 2.58. The van der Waals surface area contributed by atoms with E-state index in [4.69, 9.17) is 4.74 Å². The monoisotopic (exact) mass is 139 g/mol. The third-order valence-electron chi connectivity index (χ3n) is 1.82. The summed E-state index contributed by atoms with van der Waals surface area (Å²) in [7, 11) is 0. The van der Waals surface area contributed by atoms with Crippen molar-refractivity contribution >= 4 is 5.91 Å². The van der Waals surface area contributed by atoms with Crippen molar-refractivity contribution in [3.63, 3.8) is 0 Å². The van der Waals surface area contributed by atoms with Crippen molar-refractivity contribution in [2.75, 3.05) is 6.61 Å². The third kappa shape index (κ3) is 0.827. The second-order valence-electron chi connectivity index (χ2n) is 2.58. The molecule has 2 aliphatic heterocycles. The van der Waals surface area contributed by atoms with Crippen LogP contribution < -0.4 is 5.32 Å². The summed E-state index contributed by atoms with van der Waals surface area (Å²) in [5.74, 6) is -0.0121. The zero-order valence-electron chi connectivity index (χ0n) is 5.59.